The molecule has 0 aliphatic rings. The van der Waals surface area contributed by atoms with Gasteiger partial charge < -0.3 is 14.8 Å². The highest BCUT2D eigenvalue weighted by molar-refractivity contribution is 7.90. The molecule has 1 N–H and O–H groups in total. The van der Waals surface area contributed by atoms with Gasteiger partial charge in [-0.1, -0.05) is 36.5 Å². The maximum absolute atomic E-state index is 11.7. The summed E-state index contributed by atoms with van der Waals surface area (Å²) < 4.78 is 33.2. The Hall–Kier alpha value is -1.96. The van der Waals surface area contributed by atoms with Gasteiger partial charge in [0.1, 0.15) is 22.2 Å². The van der Waals surface area contributed by atoms with Crippen molar-refractivity contribution in [3.8, 4) is 11.5 Å². The van der Waals surface area contributed by atoms with Gasteiger partial charge in [0.15, 0.2) is 11.5 Å². The van der Waals surface area contributed by atoms with Crippen LogP contribution in [0.4, 0.5) is 11.4 Å². The van der Waals surface area contributed by atoms with Crippen LogP contribution in [-0.2, 0) is 14.6 Å². The fraction of sp³-hybridized carbons (Fsp3) is 0.381. The lowest BCUT2D eigenvalue weighted by Crippen LogP contribution is -2.15. The highest BCUT2D eigenvalue weighted by Crippen LogP contribution is 2.37. The molecule has 0 saturated carbocycles. The Labute approximate surface area is 187 Å². The molecule has 30 heavy (non-hydrogen) atoms. The molecule has 0 fully saturated rings. The predicted octanol–water partition coefficient (Wildman–Crippen LogP) is 5.30. The Balaban J connectivity index is 1.92. The van der Waals surface area contributed by atoms with Gasteiger partial charge in [-0.15, -0.1) is 0 Å². The van der Waals surface area contributed by atoms with E-state index in [4.69, 9.17) is 32.7 Å². The van der Waals surface area contributed by atoms with Crippen molar-refractivity contribution in [2.45, 2.75) is 26.2 Å². The van der Waals surface area contributed by atoms with Gasteiger partial charge in [0, 0.05) is 24.1 Å². The average molecular weight is 474 g/mol. The monoisotopic (exact) mass is 473 g/mol. The summed E-state index contributed by atoms with van der Waals surface area (Å²) in [4.78, 5) is 11.7. The fourth-order valence-electron chi connectivity index (χ4n) is 2.42. The van der Waals surface area contributed by atoms with Crippen LogP contribution < -0.4 is 14.8 Å². The molecule has 164 valence electrons. The second kappa shape index (κ2) is 11.4. The van der Waals surface area contributed by atoms with E-state index in [1.54, 1.807) is 36.4 Å². The maximum Gasteiger partial charge on any atom is 0.171 e. The summed E-state index contributed by atoms with van der Waals surface area (Å²) in [5, 5.41) is 4.04. The van der Waals surface area contributed by atoms with Crippen LogP contribution in [-0.4, -0.2) is 39.4 Å². The molecule has 0 aliphatic heterocycles. The summed E-state index contributed by atoms with van der Waals surface area (Å²) >= 11 is 12.6. The second-order valence-corrected chi connectivity index (χ2v) is 9.90. The van der Waals surface area contributed by atoms with Crippen molar-refractivity contribution in [2.75, 3.05) is 30.5 Å². The molecule has 0 unspecified atom stereocenters. The van der Waals surface area contributed by atoms with Gasteiger partial charge in [-0.05, 0) is 42.8 Å². The lowest BCUT2D eigenvalue weighted by molar-refractivity contribution is -0.120. The minimum atomic E-state index is -3.16. The standard InChI is InChI=1S/C21H25Cl2NO5S/c1-3-4-10-28-21-19(22)12-16(13-20(21)23)24-15-5-7-18(8-6-15)29-14-17(25)9-11-30(2,26)27/h5-8,12-13,24H,3-4,9-11,14H2,1-2H3. The lowest BCUT2D eigenvalue weighted by atomic mass is 10.2. The Morgan fingerprint density at radius 1 is 1.03 bits per heavy atom. The van der Waals surface area contributed by atoms with Gasteiger partial charge in [0.25, 0.3) is 0 Å². The van der Waals surface area contributed by atoms with Crippen molar-refractivity contribution in [2.24, 2.45) is 0 Å². The number of halogens is 2. The molecule has 0 heterocycles. The number of Topliss-reactive ketones (excluding diaryl/α,β-unsaturated/α-hetero) is 1. The zero-order valence-electron chi connectivity index (χ0n) is 16.9. The van der Waals surface area contributed by atoms with E-state index in [9.17, 15) is 13.2 Å². The zero-order valence-corrected chi connectivity index (χ0v) is 19.2. The number of hydrogen-bond donors (Lipinski definition) is 1. The molecular formula is C21H25Cl2NO5S. The minimum absolute atomic E-state index is 0.0574. The molecule has 0 atom stereocenters. The number of benzene rings is 2. The van der Waals surface area contributed by atoms with E-state index in [-0.39, 0.29) is 24.6 Å². The highest BCUT2D eigenvalue weighted by Gasteiger charge is 2.11. The van der Waals surface area contributed by atoms with Gasteiger partial charge in [0.2, 0.25) is 0 Å². The zero-order chi connectivity index (χ0) is 22.1. The maximum atomic E-state index is 11.7. The van der Waals surface area contributed by atoms with E-state index >= 15 is 0 Å². The van der Waals surface area contributed by atoms with E-state index in [0.29, 0.717) is 33.8 Å². The van der Waals surface area contributed by atoms with Crippen molar-refractivity contribution in [1.82, 2.24) is 0 Å². The number of hydrogen-bond acceptors (Lipinski definition) is 6. The molecule has 2 aromatic carbocycles. The predicted molar refractivity (Wildman–Crippen MR) is 121 cm³/mol. The van der Waals surface area contributed by atoms with Crippen LogP contribution in [0.2, 0.25) is 10.0 Å². The van der Waals surface area contributed by atoms with E-state index in [2.05, 4.69) is 12.2 Å². The first-order valence-corrected chi connectivity index (χ1v) is 12.3. The number of ether oxygens (including phenoxy) is 2. The van der Waals surface area contributed by atoms with E-state index in [1.165, 1.54) is 0 Å². The molecule has 9 heteroatoms. The third kappa shape index (κ3) is 8.42. The van der Waals surface area contributed by atoms with Crippen LogP contribution in [0.3, 0.4) is 0 Å². The molecule has 6 nitrogen and oxygen atoms in total. The summed E-state index contributed by atoms with van der Waals surface area (Å²) in [6.07, 6.45) is 2.98. The second-order valence-electron chi connectivity index (χ2n) is 6.83. The minimum Gasteiger partial charge on any atom is -0.490 e. The summed E-state index contributed by atoms with van der Waals surface area (Å²) in [5.74, 6) is 0.532. The number of sulfone groups is 1. The number of unbranched alkanes of at least 4 members (excludes halogenated alkanes) is 1. The SMILES string of the molecule is CCCCOc1c(Cl)cc(Nc2ccc(OCC(=O)CCS(C)(=O)=O)cc2)cc1Cl. The molecule has 2 rings (SSSR count). The Morgan fingerprint density at radius 2 is 1.67 bits per heavy atom. The average Bonchev–Trinajstić information content (AvgIpc) is 2.67. The van der Waals surface area contributed by atoms with Crippen molar-refractivity contribution >= 4 is 50.2 Å². The topological polar surface area (TPSA) is 81.7 Å². The van der Waals surface area contributed by atoms with Gasteiger partial charge >= 0.3 is 0 Å². The van der Waals surface area contributed by atoms with E-state index in [1.807, 2.05) is 0 Å². The van der Waals surface area contributed by atoms with E-state index < -0.39 is 9.84 Å². The molecule has 0 spiro atoms. The first-order chi connectivity index (χ1) is 14.2. The first-order valence-electron chi connectivity index (χ1n) is 9.49. The molecule has 0 radical (unpaired) electrons. The number of nitrogens with one attached hydrogen (secondary N) is 1. The summed E-state index contributed by atoms with van der Waals surface area (Å²) in [6, 6.07) is 10.4. The van der Waals surface area contributed by atoms with Crippen LogP contribution in [0.5, 0.6) is 11.5 Å². The van der Waals surface area contributed by atoms with Crippen molar-refractivity contribution < 1.29 is 22.7 Å². The van der Waals surface area contributed by atoms with Crippen molar-refractivity contribution in [1.29, 1.82) is 0 Å². The van der Waals surface area contributed by atoms with Gasteiger partial charge in [0.05, 0.1) is 22.4 Å². The third-order valence-electron chi connectivity index (χ3n) is 4.04. The van der Waals surface area contributed by atoms with Gasteiger partial charge in [-0.25, -0.2) is 8.42 Å². The number of rotatable bonds is 12. The van der Waals surface area contributed by atoms with Crippen molar-refractivity contribution in [3.05, 3.63) is 46.4 Å². The normalized spacial score (nSPS) is 11.2. The number of carbonyl (C=O) groups excluding carboxylic acids is 1. The molecule has 0 amide bonds. The Bertz CT molecular complexity index is 939. The van der Waals surface area contributed by atoms with Crippen LogP contribution in [0.1, 0.15) is 26.2 Å². The van der Waals surface area contributed by atoms with Crippen molar-refractivity contribution in [3.63, 3.8) is 0 Å². The molecule has 0 bridgehead atoms. The number of ketones is 1. The Morgan fingerprint density at radius 3 is 2.23 bits per heavy atom. The molecular weight excluding hydrogens is 449 g/mol. The lowest BCUT2D eigenvalue weighted by Gasteiger charge is -2.13. The fourth-order valence-corrected chi connectivity index (χ4v) is 3.62. The Kier molecular flexibility index (Phi) is 9.27. The molecule has 0 aromatic heterocycles. The quantitative estimate of drug-likeness (QED) is 0.421. The summed E-state index contributed by atoms with van der Waals surface area (Å²) in [7, 11) is -3.16. The number of carbonyl (C=O) groups is 1. The van der Waals surface area contributed by atoms with Gasteiger partial charge in [-0.2, -0.15) is 0 Å². The number of anilines is 2. The van der Waals surface area contributed by atoms with Crippen LogP contribution in [0, 0.1) is 0 Å². The smallest absolute Gasteiger partial charge is 0.171 e. The third-order valence-corrected chi connectivity index (χ3v) is 5.54. The van der Waals surface area contributed by atoms with Crippen LogP contribution in [0.25, 0.3) is 0 Å². The van der Waals surface area contributed by atoms with Crippen LogP contribution >= 0.6 is 23.2 Å². The van der Waals surface area contributed by atoms with Crippen LogP contribution in [0.15, 0.2) is 36.4 Å². The summed E-state index contributed by atoms with van der Waals surface area (Å²) in [5.41, 5.74) is 1.48. The van der Waals surface area contributed by atoms with Gasteiger partial charge in [-0.3, -0.25) is 4.79 Å². The molecule has 0 saturated heterocycles. The van der Waals surface area contributed by atoms with E-state index in [0.717, 1.165) is 24.8 Å². The largest absolute Gasteiger partial charge is 0.490 e. The summed E-state index contributed by atoms with van der Waals surface area (Å²) in [6.45, 7) is 2.46. The first kappa shape index (κ1) is 24.3. The highest BCUT2D eigenvalue weighted by atomic mass is 35.5. The molecule has 0 aliphatic carbocycles. The molecule has 2 aromatic rings.